The van der Waals surface area contributed by atoms with Gasteiger partial charge >= 0.3 is 0 Å². The van der Waals surface area contributed by atoms with Crippen molar-refractivity contribution in [3.63, 3.8) is 0 Å². The van der Waals surface area contributed by atoms with Crippen LogP contribution in [0.4, 0.5) is 0 Å². The zero-order valence-corrected chi connectivity index (χ0v) is 6.41. The molecule has 0 saturated heterocycles. The highest BCUT2D eigenvalue weighted by molar-refractivity contribution is 5.48. The fourth-order valence-electron chi connectivity index (χ4n) is 1.53. The van der Waals surface area contributed by atoms with Gasteiger partial charge in [-0.25, -0.2) is 0 Å². The molecule has 0 heterocycles. The summed E-state index contributed by atoms with van der Waals surface area (Å²) < 4.78 is 0. The Morgan fingerprint density at radius 3 is 3.09 bits per heavy atom. The van der Waals surface area contributed by atoms with Gasteiger partial charge in [0.25, 0.3) is 0 Å². The number of hydrogen-bond acceptors (Lipinski definition) is 1. The number of rotatable bonds is 0. The molecule has 0 fully saturated rings. The Labute approximate surface area is 66.0 Å². The second-order valence-corrected chi connectivity index (χ2v) is 2.97. The van der Waals surface area contributed by atoms with Crippen molar-refractivity contribution in [1.82, 2.24) is 0 Å². The number of hydrogen-bond donors (Lipinski definition) is 1. The molecule has 0 aliphatic heterocycles. The molecule has 0 aromatic rings. The summed E-state index contributed by atoms with van der Waals surface area (Å²) in [5.41, 5.74) is 2.16. The minimum Gasteiger partial charge on any atom is -0.508 e. The molecule has 56 valence electrons. The SMILES string of the molecule is CC1=CC2C=CC=C2C(O)=C1. The third kappa shape index (κ3) is 0.929. The van der Waals surface area contributed by atoms with Crippen LogP contribution >= 0.6 is 0 Å². The summed E-state index contributed by atoms with van der Waals surface area (Å²) >= 11 is 0. The Morgan fingerprint density at radius 1 is 1.45 bits per heavy atom. The molecule has 0 aromatic heterocycles. The van der Waals surface area contributed by atoms with Crippen LogP contribution in [0.1, 0.15) is 6.92 Å². The zero-order chi connectivity index (χ0) is 7.84. The maximum atomic E-state index is 9.46. The smallest absolute Gasteiger partial charge is 0.119 e. The van der Waals surface area contributed by atoms with E-state index in [1.807, 2.05) is 19.1 Å². The van der Waals surface area contributed by atoms with Crippen LogP contribution in [0.25, 0.3) is 0 Å². The molecule has 1 N–H and O–H groups in total. The first-order valence-electron chi connectivity index (χ1n) is 3.75. The number of allylic oxidation sites excluding steroid dienone is 7. The van der Waals surface area contributed by atoms with E-state index in [1.165, 1.54) is 0 Å². The van der Waals surface area contributed by atoms with Gasteiger partial charge in [0.15, 0.2) is 0 Å². The fraction of sp³-hybridized carbons (Fsp3) is 0.200. The molecule has 0 amide bonds. The van der Waals surface area contributed by atoms with Gasteiger partial charge in [-0.15, -0.1) is 0 Å². The normalized spacial score (nSPS) is 27.4. The molecule has 0 spiro atoms. The summed E-state index contributed by atoms with van der Waals surface area (Å²) in [5.74, 6) is 0.736. The Balaban J connectivity index is 2.45. The highest BCUT2D eigenvalue weighted by Crippen LogP contribution is 2.31. The maximum Gasteiger partial charge on any atom is 0.119 e. The lowest BCUT2D eigenvalue weighted by molar-refractivity contribution is 0.415. The van der Waals surface area contributed by atoms with Crippen LogP contribution in [-0.2, 0) is 0 Å². The molecular weight excluding hydrogens is 136 g/mol. The van der Waals surface area contributed by atoms with Gasteiger partial charge in [0.1, 0.15) is 5.76 Å². The van der Waals surface area contributed by atoms with Gasteiger partial charge in [0.2, 0.25) is 0 Å². The monoisotopic (exact) mass is 146 g/mol. The van der Waals surface area contributed by atoms with E-state index in [2.05, 4.69) is 12.2 Å². The summed E-state index contributed by atoms with van der Waals surface area (Å²) in [6, 6.07) is 0. The van der Waals surface area contributed by atoms with E-state index in [4.69, 9.17) is 0 Å². The molecule has 2 rings (SSSR count). The average molecular weight is 146 g/mol. The molecule has 0 saturated carbocycles. The highest BCUT2D eigenvalue weighted by Gasteiger charge is 2.18. The molecule has 1 nitrogen and oxygen atoms in total. The average Bonchev–Trinajstić information content (AvgIpc) is 2.34. The van der Waals surface area contributed by atoms with Gasteiger partial charge in [0, 0.05) is 11.5 Å². The van der Waals surface area contributed by atoms with Crippen LogP contribution in [0.2, 0.25) is 0 Å². The van der Waals surface area contributed by atoms with E-state index in [9.17, 15) is 5.11 Å². The standard InChI is InChI=1S/C10H10O/c1-7-5-8-3-2-4-9(8)10(11)6-7/h2-6,8,11H,1H3. The minimum absolute atomic E-state index is 0.319. The van der Waals surface area contributed by atoms with Gasteiger partial charge < -0.3 is 5.11 Å². The van der Waals surface area contributed by atoms with Crippen molar-refractivity contribution in [1.29, 1.82) is 0 Å². The van der Waals surface area contributed by atoms with Crippen LogP contribution in [0.5, 0.6) is 0 Å². The summed E-state index contributed by atoms with van der Waals surface area (Å²) in [6.07, 6.45) is 9.98. The molecule has 11 heavy (non-hydrogen) atoms. The summed E-state index contributed by atoms with van der Waals surface area (Å²) in [4.78, 5) is 0. The van der Waals surface area contributed by atoms with Gasteiger partial charge in [-0.3, -0.25) is 0 Å². The lowest BCUT2D eigenvalue weighted by Crippen LogP contribution is -2.02. The van der Waals surface area contributed by atoms with E-state index in [0.717, 1.165) is 11.1 Å². The van der Waals surface area contributed by atoms with Crippen molar-refractivity contribution in [3.05, 3.63) is 47.3 Å². The summed E-state index contributed by atoms with van der Waals surface area (Å²) in [5, 5.41) is 9.46. The lowest BCUT2D eigenvalue weighted by atomic mass is 9.93. The Bertz CT molecular complexity index is 303. The predicted molar refractivity (Wildman–Crippen MR) is 45.2 cm³/mol. The van der Waals surface area contributed by atoms with Crippen molar-refractivity contribution >= 4 is 0 Å². The first-order valence-corrected chi connectivity index (χ1v) is 3.75. The van der Waals surface area contributed by atoms with Crippen molar-refractivity contribution < 1.29 is 5.11 Å². The minimum atomic E-state index is 0.319. The van der Waals surface area contributed by atoms with Gasteiger partial charge in [-0.2, -0.15) is 0 Å². The number of fused-ring (bicyclic) bond motifs is 1. The Hall–Kier alpha value is -1.24. The largest absolute Gasteiger partial charge is 0.508 e. The Kier molecular flexibility index (Phi) is 1.25. The second-order valence-electron chi connectivity index (χ2n) is 2.97. The molecule has 0 bridgehead atoms. The van der Waals surface area contributed by atoms with E-state index in [0.29, 0.717) is 11.7 Å². The molecule has 1 unspecified atom stereocenters. The van der Waals surface area contributed by atoms with Crippen LogP contribution < -0.4 is 0 Å². The molecule has 0 radical (unpaired) electrons. The first-order chi connectivity index (χ1) is 5.27. The molecule has 1 atom stereocenters. The number of aliphatic hydroxyl groups is 1. The van der Waals surface area contributed by atoms with Gasteiger partial charge in [-0.05, 0) is 13.0 Å². The Morgan fingerprint density at radius 2 is 2.27 bits per heavy atom. The van der Waals surface area contributed by atoms with Crippen molar-refractivity contribution in [2.75, 3.05) is 0 Å². The lowest BCUT2D eigenvalue weighted by Gasteiger charge is -2.14. The third-order valence-corrected chi connectivity index (χ3v) is 2.06. The van der Waals surface area contributed by atoms with Crippen molar-refractivity contribution in [3.8, 4) is 0 Å². The summed E-state index contributed by atoms with van der Waals surface area (Å²) in [7, 11) is 0. The van der Waals surface area contributed by atoms with Crippen LogP contribution in [0.15, 0.2) is 47.3 Å². The fourth-order valence-corrected chi connectivity index (χ4v) is 1.53. The van der Waals surface area contributed by atoms with Crippen molar-refractivity contribution in [2.24, 2.45) is 5.92 Å². The quantitative estimate of drug-likeness (QED) is 0.556. The third-order valence-electron chi connectivity index (χ3n) is 2.06. The molecule has 0 aromatic carbocycles. The van der Waals surface area contributed by atoms with E-state index >= 15 is 0 Å². The second kappa shape index (κ2) is 2.12. The topological polar surface area (TPSA) is 20.2 Å². The highest BCUT2D eigenvalue weighted by atomic mass is 16.3. The number of aliphatic hydroxyl groups excluding tert-OH is 1. The molecule has 2 aliphatic carbocycles. The van der Waals surface area contributed by atoms with Crippen molar-refractivity contribution in [2.45, 2.75) is 6.92 Å². The molecule has 1 heteroatoms. The molecule has 2 aliphatic rings. The summed E-state index contributed by atoms with van der Waals surface area (Å²) in [6.45, 7) is 2.00. The van der Waals surface area contributed by atoms with Crippen LogP contribution in [0.3, 0.4) is 0 Å². The van der Waals surface area contributed by atoms with Gasteiger partial charge in [0.05, 0.1) is 0 Å². The van der Waals surface area contributed by atoms with E-state index in [-0.39, 0.29) is 0 Å². The van der Waals surface area contributed by atoms with E-state index < -0.39 is 0 Å². The van der Waals surface area contributed by atoms with Gasteiger partial charge in [-0.1, -0.05) is 29.9 Å². The maximum absolute atomic E-state index is 9.46. The van der Waals surface area contributed by atoms with Crippen LogP contribution in [-0.4, -0.2) is 5.11 Å². The van der Waals surface area contributed by atoms with Crippen LogP contribution in [0, 0.1) is 5.92 Å². The molecular formula is C10H10O. The predicted octanol–water partition coefficient (Wildman–Crippen LogP) is 2.50. The zero-order valence-electron chi connectivity index (χ0n) is 6.41. The van der Waals surface area contributed by atoms with E-state index in [1.54, 1.807) is 6.08 Å². The first kappa shape index (κ1) is 6.47.